The molecule has 0 fully saturated rings. The Morgan fingerprint density at radius 3 is 1.82 bits per heavy atom. The van der Waals surface area contributed by atoms with Crippen molar-refractivity contribution in [3.63, 3.8) is 0 Å². The van der Waals surface area contributed by atoms with Gasteiger partial charge in [0.25, 0.3) is 0 Å². The van der Waals surface area contributed by atoms with Crippen molar-refractivity contribution in [3.05, 3.63) is 28.3 Å². The molecule has 0 aliphatic heterocycles. The minimum Gasteiger partial charge on any atom is -0.495 e. The molecule has 0 unspecified atom stereocenters. The highest BCUT2D eigenvalue weighted by atomic mass is 35.5. The number of benzene rings is 1. The van der Waals surface area contributed by atoms with E-state index in [-0.39, 0.29) is 10.8 Å². The topological polar surface area (TPSA) is 9.23 Å². The van der Waals surface area contributed by atoms with E-state index in [9.17, 15) is 0 Å². The smallest absolute Gasteiger partial charge is 0.141 e. The summed E-state index contributed by atoms with van der Waals surface area (Å²) in [6.45, 7) is 13.1. The van der Waals surface area contributed by atoms with Gasteiger partial charge in [-0.1, -0.05) is 59.2 Å². The molecule has 0 bridgehead atoms. The van der Waals surface area contributed by atoms with Crippen molar-refractivity contribution >= 4 is 11.6 Å². The van der Waals surface area contributed by atoms with Crippen LogP contribution in [0.25, 0.3) is 0 Å². The van der Waals surface area contributed by atoms with Crippen molar-refractivity contribution in [1.82, 2.24) is 0 Å². The van der Waals surface area contributed by atoms with Crippen LogP contribution in [0.1, 0.15) is 52.7 Å². The predicted molar refractivity (Wildman–Crippen MR) is 75.4 cm³/mol. The van der Waals surface area contributed by atoms with E-state index in [1.54, 1.807) is 7.11 Å². The van der Waals surface area contributed by atoms with Gasteiger partial charge in [0, 0.05) is 5.56 Å². The molecule has 1 aromatic rings. The van der Waals surface area contributed by atoms with Crippen molar-refractivity contribution in [2.24, 2.45) is 0 Å². The maximum atomic E-state index is 6.32. The third kappa shape index (κ3) is 3.16. The molecule has 1 nitrogen and oxygen atoms in total. The second-order valence-corrected chi connectivity index (χ2v) is 6.95. The average molecular weight is 255 g/mol. The summed E-state index contributed by atoms with van der Waals surface area (Å²) >= 11 is 6.32. The Hall–Kier alpha value is -0.690. The van der Waals surface area contributed by atoms with E-state index in [0.29, 0.717) is 5.02 Å². The lowest BCUT2D eigenvalue weighted by Crippen LogP contribution is -2.17. The van der Waals surface area contributed by atoms with Crippen LogP contribution in [0.2, 0.25) is 5.02 Å². The summed E-state index contributed by atoms with van der Waals surface area (Å²) in [7, 11) is 1.67. The van der Waals surface area contributed by atoms with Gasteiger partial charge < -0.3 is 4.74 Å². The van der Waals surface area contributed by atoms with Crippen molar-refractivity contribution in [3.8, 4) is 5.75 Å². The minimum absolute atomic E-state index is 0.0241. The van der Waals surface area contributed by atoms with E-state index in [1.165, 1.54) is 5.56 Å². The molecule has 0 atom stereocenters. The van der Waals surface area contributed by atoms with Gasteiger partial charge in [-0.2, -0.15) is 0 Å². The zero-order valence-corrected chi connectivity index (χ0v) is 12.7. The summed E-state index contributed by atoms with van der Waals surface area (Å²) in [5.74, 6) is 0.798. The normalized spacial score (nSPS) is 12.7. The van der Waals surface area contributed by atoms with Crippen LogP contribution in [-0.4, -0.2) is 7.11 Å². The summed E-state index contributed by atoms with van der Waals surface area (Å²) in [4.78, 5) is 0. The quantitative estimate of drug-likeness (QED) is 0.690. The maximum Gasteiger partial charge on any atom is 0.141 e. The molecule has 0 aliphatic carbocycles. The number of ether oxygens (including phenoxy) is 1. The molecule has 17 heavy (non-hydrogen) atoms. The van der Waals surface area contributed by atoms with Gasteiger partial charge in [0.2, 0.25) is 0 Å². The first-order valence-corrected chi connectivity index (χ1v) is 6.33. The lowest BCUT2D eigenvalue weighted by Gasteiger charge is -2.27. The minimum atomic E-state index is 0.0241. The average Bonchev–Trinajstić information content (AvgIpc) is 2.13. The number of rotatable bonds is 1. The molecule has 0 N–H and O–H groups in total. The maximum absolute atomic E-state index is 6.32. The number of hydrogen-bond acceptors (Lipinski definition) is 1. The highest BCUT2D eigenvalue weighted by Crippen LogP contribution is 2.40. The molecule has 0 spiro atoms. The first kappa shape index (κ1) is 14.4. The van der Waals surface area contributed by atoms with Crippen LogP contribution in [0, 0.1) is 0 Å². The molecular formula is C15H23ClO. The van der Waals surface area contributed by atoms with Gasteiger partial charge in [0.1, 0.15) is 5.75 Å². The monoisotopic (exact) mass is 254 g/mol. The molecule has 0 aromatic heterocycles. The van der Waals surface area contributed by atoms with E-state index in [2.05, 4.69) is 47.6 Å². The second kappa shape index (κ2) is 4.53. The third-order valence-corrected chi connectivity index (χ3v) is 3.20. The molecule has 0 aliphatic rings. The van der Waals surface area contributed by atoms with Crippen LogP contribution in [-0.2, 0) is 10.8 Å². The van der Waals surface area contributed by atoms with Crippen LogP contribution in [0.4, 0.5) is 0 Å². The molecule has 1 rings (SSSR count). The first-order valence-electron chi connectivity index (χ1n) is 5.96. The van der Waals surface area contributed by atoms with Gasteiger partial charge in [-0.25, -0.2) is 0 Å². The Morgan fingerprint density at radius 2 is 1.47 bits per heavy atom. The Labute approximate surface area is 110 Å². The van der Waals surface area contributed by atoms with Gasteiger partial charge >= 0.3 is 0 Å². The van der Waals surface area contributed by atoms with Crippen LogP contribution < -0.4 is 4.74 Å². The molecule has 2 heteroatoms. The Balaban J connectivity index is 3.51. The van der Waals surface area contributed by atoms with E-state index >= 15 is 0 Å². The summed E-state index contributed by atoms with van der Waals surface area (Å²) < 4.78 is 5.44. The zero-order valence-electron chi connectivity index (χ0n) is 11.9. The van der Waals surface area contributed by atoms with Crippen LogP contribution in [0.5, 0.6) is 5.75 Å². The summed E-state index contributed by atoms with van der Waals surface area (Å²) in [6.07, 6.45) is 0. The first-order chi connectivity index (χ1) is 7.57. The molecule has 0 heterocycles. The van der Waals surface area contributed by atoms with Crippen molar-refractivity contribution in [1.29, 1.82) is 0 Å². The van der Waals surface area contributed by atoms with E-state index in [1.807, 2.05) is 6.07 Å². The Kier molecular flexibility index (Phi) is 3.83. The van der Waals surface area contributed by atoms with Crippen LogP contribution in [0.3, 0.4) is 0 Å². The van der Waals surface area contributed by atoms with Crippen molar-refractivity contribution in [2.75, 3.05) is 7.11 Å². The van der Waals surface area contributed by atoms with Gasteiger partial charge in [-0.3, -0.25) is 0 Å². The summed E-state index contributed by atoms with van der Waals surface area (Å²) in [6, 6.07) is 4.22. The molecular weight excluding hydrogens is 232 g/mol. The molecule has 96 valence electrons. The fourth-order valence-corrected chi connectivity index (χ4v) is 2.09. The zero-order chi connectivity index (χ0) is 13.4. The molecule has 0 radical (unpaired) electrons. The standard InChI is InChI=1S/C15H23ClO/c1-14(2,3)10-8-11(15(4,5)6)13(17-7)12(16)9-10/h8-9H,1-7H3. The van der Waals surface area contributed by atoms with Crippen molar-refractivity contribution in [2.45, 2.75) is 52.4 Å². The van der Waals surface area contributed by atoms with Crippen LogP contribution >= 0.6 is 11.6 Å². The summed E-state index contributed by atoms with van der Waals surface area (Å²) in [5, 5.41) is 0.699. The highest BCUT2D eigenvalue weighted by molar-refractivity contribution is 6.32. The second-order valence-electron chi connectivity index (χ2n) is 6.54. The Bertz CT molecular complexity index is 408. The van der Waals surface area contributed by atoms with Crippen molar-refractivity contribution < 1.29 is 4.74 Å². The van der Waals surface area contributed by atoms with E-state index in [0.717, 1.165) is 11.3 Å². The van der Waals surface area contributed by atoms with Gasteiger partial charge in [-0.15, -0.1) is 0 Å². The third-order valence-electron chi connectivity index (χ3n) is 2.92. The molecule has 0 saturated heterocycles. The molecule has 1 aromatic carbocycles. The van der Waals surface area contributed by atoms with E-state index < -0.39 is 0 Å². The Morgan fingerprint density at radius 1 is 0.941 bits per heavy atom. The number of halogens is 1. The molecule has 0 saturated carbocycles. The number of methoxy groups -OCH3 is 1. The lowest BCUT2D eigenvalue weighted by atomic mass is 9.80. The lowest BCUT2D eigenvalue weighted by molar-refractivity contribution is 0.397. The van der Waals surface area contributed by atoms with Crippen LogP contribution in [0.15, 0.2) is 12.1 Å². The van der Waals surface area contributed by atoms with E-state index in [4.69, 9.17) is 16.3 Å². The fourth-order valence-electron chi connectivity index (χ4n) is 1.79. The fraction of sp³-hybridized carbons (Fsp3) is 0.600. The largest absolute Gasteiger partial charge is 0.495 e. The molecule has 0 amide bonds. The highest BCUT2D eigenvalue weighted by Gasteiger charge is 2.25. The SMILES string of the molecule is COc1c(Cl)cc(C(C)(C)C)cc1C(C)(C)C. The summed E-state index contributed by atoms with van der Waals surface area (Å²) in [5.41, 5.74) is 2.53. The van der Waals surface area contributed by atoms with Gasteiger partial charge in [0.15, 0.2) is 0 Å². The van der Waals surface area contributed by atoms with Gasteiger partial charge in [-0.05, 0) is 22.5 Å². The number of hydrogen-bond donors (Lipinski definition) is 0. The van der Waals surface area contributed by atoms with Gasteiger partial charge in [0.05, 0.1) is 12.1 Å². The predicted octanol–water partition coefficient (Wildman–Crippen LogP) is 4.94.